The average molecular weight is 229 g/mol. The molecule has 88 valence electrons. The Morgan fingerprint density at radius 2 is 2.19 bits per heavy atom. The van der Waals surface area contributed by atoms with E-state index < -0.39 is 6.43 Å². The number of nitrogens with one attached hydrogen (secondary N) is 1. The van der Waals surface area contributed by atoms with Crippen LogP contribution in [-0.4, -0.2) is 20.0 Å². The number of hydrogen-bond donors (Lipinski definition) is 2. The average Bonchev–Trinajstić information content (AvgIpc) is 2.78. The molecule has 0 spiro atoms. The Hall–Kier alpha value is -1.66. The van der Waals surface area contributed by atoms with Crippen molar-refractivity contribution in [3.63, 3.8) is 0 Å². The summed E-state index contributed by atoms with van der Waals surface area (Å²) in [5.41, 5.74) is 5.65. The molecule has 2 aromatic heterocycles. The lowest BCUT2D eigenvalue weighted by molar-refractivity contribution is 0.146. The fraction of sp³-hybridized carbons (Fsp3) is 0.556. The zero-order valence-corrected chi connectivity index (χ0v) is 9.04. The summed E-state index contributed by atoms with van der Waals surface area (Å²) in [6.45, 7) is 3.85. The summed E-state index contributed by atoms with van der Waals surface area (Å²) < 4.78 is 27.0. The molecule has 0 saturated heterocycles. The molecule has 5 nitrogen and oxygen atoms in total. The standard InChI is InChI=1S/C9H13F2N5/c1-3-4(2)16-9-5(8(12)13-14-9)6(15-16)7(10)11/h4,7H,3H2,1-2H3,(H3,12,13,14). The van der Waals surface area contributed by atoms with Crippen LogP contribution in [0.25, 0.3) is 11.0 Å². The minimum absolute atomic E-state index is 0.0118. The second-order valence-corrected chi connectivity index (χ2v) is 3.72. The number of hydrogen-bond acceptors (Lipinski definition) is 3. The molecule has 7 heteroatoms. The van der Waals surface area contributed by atoms with Gasteiger partial charge >= 0.3 is 0 Å². The summed E-state index contributed by atoms with van der Waals surface area (Å²) >= 11 is 0. The Balaban J connectivity index is 2.68. The molecular formula is C9H13F2N5. The first-order valence-corrected chi connectivity index (χ1v) is 5.06. The zero-order valence-electron chi connectivity index (χ0n) is 9.04. The number of H-pyrrole nitrogens is 1. The van der Waals surface area contributed by atoms with Gasteiger partial charge in [0.2, 0.25) is 0 Å². The summed E-state index contributed by atoms with van der Waals surface area (Å²) in [5.74, 6) is 0.139. The number of rotatable bonds is 3. The molecule has 1 unspecified atom stereocenters. The van der Waals surface area contributed by atoms with Crippen molar-refractivity contribution in [3.05, 3.63) is 5.69 Å². The second kappa shape index (κ2) is 3.73. The summed E-state index contributed by atoms with van der Waals surface area (Å²) in [6, 6.07) is 0.0118. The third kappa shape index (κ3) is 1.43. The number of nitrogens with two attached hydrogens (primary N) is 1. The molecule has 2 rings (SSSR count). The third-order valence-corrected chi connectivity index (χ3v) is 2.68. The maximum Gasteiger partial charge on any atom is 0.282 e. The quantitative estimate of drug-likeness (QED) is 0.847. The summed E-state index contributed by atoms with van der Waals surface area (Å²) in [6.07, 6.45) is -1.86. The van der Waals surface area contributed by atoms with Gasteiger partial charge in [-0.25, -0.2) is 13.5 Å². The summed E-state index contributed by atoms with van der Waals surface area (Å²) in [7, 11) is 0. The smallest absolute Gasteiger partial charge is 0.282 e. The van der Waals surface area contributed by atoms with Crippen LogP contribution in [0, 0.1) is 0 Å². The van der Waals surface area contributed by atoms with Crippen LogP contribution in [0.1, 0.15) is 38.4 Å². The number of aromatic nitrogens is 4. The number of nitrogens with zero attached hydrogens (tertiary/aromatic N) is 3. The van der Waals surface area contributed by atoms with Gasteiger partial charge in [0.15, 0.2) is 5.65 Å². The fourth-order valence-corrected chi connectivity index (χ4v) is 1.61. The van der Waals surface area contributed by atoms with Crippen molar-refractivity contribution in [1.82, 2.24) is 20.0 Å². The van der Waals surface area contributed by atoms with Gasteiger partial charge in [0.25, 0.3) is 6.43 Å². The van der Waals surface area contributed by atoms with E-state index in [0.717, 1.165) is 6.42 Å². The van der Waals surface area contributed by atoms with E-state index in [9.17, 15) is 8.78 Å². The van der Waals surface area contributed by atoms with Gasteiger partial charge in [-0.1, -0.05) is 6.92 Å². The van der Waals surface area contributed by atoms with Gasteiger partial charge in [-0.2, -0.15) is 10.2 Å². The molecule has 2 aromatic rings. The molecule has 0 aliphatic carbocycles. The van der Waals surface area contributed by atoms with Crippen LogP contribution in [0.2, 0.25) is 0 Å². The predicted molar refractivity (Wildman–Crippen MR) is 56.3 cm³/mol. The van der Waals surface area contributed by atoms with Gasteiger partial charge in [-0.3, -0.25) is 5.10 Å². The minimum Gasteiger partial charge on any atom is -0.383 e. The highest BCUT2D eigenvalue weighted by Gasteiger charge is 2.24. The molecule has 0 bridgehead atoms. The van der Waals surface area contributed by atoms with Crippen LogP contribution in [-0.2, 0) is 0 Å². The van der Waals surface area contributed by atoms with Crippen LogP contribution in [0.4, 0.5) is 14.6 Å². The largest absolute Gasteiger partial charge is 0.383 e. The van der Waals surface area contributed by atoms with Gasteiger partial charge < -0.3 is 5.73 Å². The lowest BCUT2D eigenvalue weighted by Crippen LogP contribution is -2.06. The first-order chi connectivity index (χ1) is 7.56. The summed E-state index contributed by atoms with van der Waals surface area (Å²) in [5, 5.41) is 10.5. The molecule has 0 radical (unpaired) electrons. The number of halogens is 2. The van der Waals surface area contributed by atoms with E-state index in [1.165, 1.54) is 4.68 Å². The lowest BCUT2D eigenvalue weighted by atomic mass is 10.2. The van der Waals surface area contributed by atoms with E-state index in [1.54, 1.807) is 0 Å². The van der Waals surface area contributed by atoms with Crippen molar-refractivity contribution >= 4 is 16.9 Å². The van der Waals surface area contributed by atoms with Crippen LogP contribution >= 0.6 is 0 Å². The molecule has 0 saturated carbocycles. The Kier molecular flexibility index (Phi) is 2.53. The Morgan fingerprint density at radius 1 is 1.50 bits per heavy atom. The van der Waals surface area contributed by atoms with Crippen molar-refractivity contribution in [2.45, 2.75) is 32.7 Å². The predicted octanol–water partition coefficient (Wildman–Crippen LogP) is 2.25. The molecule has 0 aliphatic rings. The van der Waals surface area contributed by atoms with E-state index in [2.05, 4.69) is 15.3 Å². The normalized spacial score (nSPS) is 13.8. The molecule has 0 aromatic carbocycles. The van der Waals surface area contributed by atoms with Crippen LogP contribution in [0.5, 0.6) is 0 Å². The number of anilines is 1. The molecule has 3 N–H and O–H groups in total. The van der Waals surface area contributed by atoms with Crippen molar-refractivity contribution in [3.8, 4) is 0 Å². The Bertz CT molecular complexity index is 501. The second-order valence-electron chi connectivity index (χ2n) is 3.72. The van der Waals surface area contributed by atoms with Gasteiger partial charge in [0.05, 0.1) is 11.4 Å². The molecule has 1 atom stereocenters. The lowest BCUT2D eigenvalue weighted by Gasteiger charge is -2.08. The molecular weight excluding hydrogens is 216 g/mol. The fourth-order valence-electron chi connectivity index (χ4n) is 1.61. The molecule has 16 heavy (non-hydrogen) atoms. The number of nitrogen functional groups attached to an aromatic ring is 1. The van der Waals surface area contributed by atoms with Crippen LogP contribution < -0.4 is 5.73 Å². The van der Waals surface area contributed by atoms with Gasteiger partial charge in [0.1, 0.15) is 11.5 Å². The van der Waals surface area contributed by atoms with Crippen molar-refractivity contribution in [1.29, 1.82) is 0 Å². The van der Waals surface area contributed by atoms with E-state index in [1.807, 2.05) is 13.8 Å². The first kappa shape index (κ1) is 10.8. The summed E-state index contributed by atoms with van der Waals surface area (Å²) in [4.78, 5) is 0. The topological polar surface area (TPSA) is 72.5 Å². The Morgan fingerprint density at radius 3 is 2.75 bits per heavy atom. The highest BCUT2D eigenvalue weighted by atomic mass is 19.3. The van der Waals surface area contributed by atoms with Gasteiger partial charge in [-0.05, 0) is 13.3 Å². The van der Waals surface area contributed by atoms with E-state index in [0.29, 0.717) is 5.65 Å². The van der Waals surface area contributed by atoms with Gasteiger partial charge in [-0.15, -0.1) is 0 Å². The molecule has 0 aliphatic heterocycles. The van der Waals surface area contributed by atoms with E-state index in [-0.39, 0.29) is 22.9 Å². The van der Waals surface area contributed by atoms with E-state index >= 15 is 0 Å². The number of aromatic amines is 1. The first-order valence-electron chi connectivity index (χ1n) is 5.06. The zero-order chi connectivity index (χ0) is 11.9. The van der Waals surface area contributed by atoms with Crippen molar-refractivity contribution in [2.24, 2.45) is 0 Å². The highest BCUT2D eigenvalue weighted by Crippen LogP contribution is 2.31. The monoisotopic (exact) mass is 229 g/mol. The number of alkyl halides is 2. The molecule has 0 fully saturated rings. The third-order valence-electron chi connectivity index (χ3n) is 2.68. The van der Waals surface area contributed by atoms with Gasteiger partial charge in [0, 0.05) is 0 Å². The molecule has 0 amide bonds. The number of fused-ring (bicyclic) bond motifs is 1. The molecule has 2 heterocycles. The van der Waals surface area contributed by atoms with Crippen molar-refractivity contribution in [2.75, 3.05) is 5.73 Å². The Labute approximate surface area is 90.6 Å². The maximum atomic E-state index is 12.8. The van der Waals surface area contributed by atoms with Crippen LogP contribution in [0.15, 0.2) is 0 Å². The van der Waals surface area contributed by atoms with E-state index in [4.69, 9.17) is 5.73 Å². The van der Waals surface area contributed by atoms with Crippen molar-refractivity contribution < 1.29 is 8.78 Å². The SMILES string of the molecule is CCC(C)n1nc(C(F)F)c2c(N)[nH]nc21. The maximum absolute atomic E-state index is 12.8. The highest BCUT2D eigenvalue weighted by molar-refractivity contribution is 5.89. The minimum atomic E-state index is -2.65. The van der Waals surface area contributed by atoms with Crippen LogP contribution in [0.3, 0.4) is 0 Å².